The molecule has 6 nitrogen and oxygen atoms in total. The van der Waals surface area contributed by atoms with Gasteiger partial charge in [0, 0.05) is 0 Å². The Hall–Kier alpha value is 0.300. The van der Waals surface area contributed by atoms with Crippen molar-refractivity contribution in [2.75, 3.05) is 6.54 Å². The van der Waals surface area contributed by atoms with Crippen molar-refractivity contribution in [3.8, 4) is 0 Å². The average molecular weight is 243 g/mol. The number of rotatable bonds is 5. The normalized spacial score (nSPS) is 42.1. The van der Waals surface area contributed by atoms with Crippen molar-refractivity contribution in [2.45, 2.75) is 31.7 Å². The second-order valence-corrected chi connectivity index (χ2v) is 7.59. The van der Waals surface area contributed by atoms with E-state index in [1.165, 1.54) is 0 Å². The summed E-state index contributed by atoms with van der Waals surface area (Å²) in [6.07, 6.45) is 2.81. The molecule has 0 aromatic heterocycles. The SMILES string of the molecule is CCCCCNC1P(=O)(O)OP1(=O)O. The number of nitrogens with one attached hydrogen (secondary N) is 1. The van der Waals surface area contributed by atoms with Crippen LogP contribution in [0.3, 0.4) is 0 Å². The second-order valence-electron chi connectivity index (χ2n) is 3.24. The Balaban J connectivity index is 2.36. The Morgan fingerprint density at radius 1 is 1.29 bits per heavy atom. The largest absolute Gasteiger partial charge is 0.364 e. The van der Waals surface area contributed by atoms with E-state index in [4.69, 9.17) is 9.79 Å². The molecule has 2 unspecified atom stereocenters. The first-order valence-electron chi connectivity index (χ1n) is 4.50. The molecular weight excluding hydrogens is 228 g/mol. The monoisotopic (exact) mass is 243 g/mol. The van der Waals surface area contributed by atoms with Crippen molar-refractivity contribution < 1.29 is 23.2 Å². The molecule has 1 fully saturated rings. The fraction of sp³-hybridized carbons (Fsp3) is 1.00. The third-order valence-electron chi connectivity index (χ3n) is 1.96. The summed E-state index contributed by atoms with van der Waals surface area (Å²) in [6.45, 7) is 2.48. The highest BCUT2D eigenvalue weighted by atomic mass is 31.3. The lowest BCUT2D eigenvalue weighted by molar-refractivity contribution is 0.276. The van der Waals surface area contributed by atoms with Gasteiger partial charge in [0.15, 0.2) is 0 Å². The van der Waals surface area contributed by atoms with E-state index < -0.39 is 20.7 Å². The first-order valence-corrected chi connectivity index (χ1v) is 7.79. The van der Waals surface area contributed by atoms with E-state index in [0.29, 0.717) is 6.54 Å². The fourth-order valence-corrected chi connectivity index (χ4v) is 5.16. The van der Waals surface area contributed by atoms with Gasteiger partial charge in [0.2, 0.25) is 5.52 Å². The minimum absolute atomic E-state index is 0.455. The van der Waals surface area contributed by atoms with Crippen molar-refractivity contribution >= 4 is 15.2 Å². The molecule has 0 aliphatic carbocycles. The van der Waals surface area contributed by atoms with Gasteiger partial charge in [0.05, 0.1) is 0 Å². The van der Waals surface area contributed by atoms with Gasteiger partial charge in [-0.1, -0.05) is 19.8 Å². The summed E-state index contributed by atoms with van der Waals surface area (Å²) in [5.74, 6) is 0. The molecule has 1 heterocycles. The summed E-state index contributed by atoms with van der Waals surface area (Å²) in [5.41, 5.74) is -1.29. The maximum atomic E-state index is 11.0. The molecule has 0 radical (unpaired) electrons. The molecule has 1 saturated heterocycles. The molecule has 0 aromatic rings. The molecule has 14 heavy (non-hydrogen) atoms. The van der Waals surface area contributed by atoms with Crippen LogP contribution in [0, 0.1) is 0 Å². The van der Waals surface area contributed by atoms with Crippen molar-refractivity contribution in [1.82, 2.24) is 5.32 Å². The molecular formula is C6H15NO5P2. The molecule has 0 aromatic carbocycles. The quantitative estimate of drug-likeness (QED) is 0.499. The third-order valence-corrected chi connectivity index (χ3v) is 7.18. The van der Waals surface area contributed by atoms with E-state index in [1.54, 1.807) is 0 Å². The maximum absolute atomic E-state index is 11.0. The molecule has 8 heteroatoms. The number of unbranched alkanes of at least 4 members (excludes halogenated alkanes) is 2. The van der Waals surface area contributed by atoms with Crippen LogP contribution in [0.25, 0.3) is 0 Å². The van der Waals surface area contributed by atoms with Crippen LogP contribution < -0.4 is 5.32 Å². The molecule has 1 rings (SSSR count). The Kier molecular flexibility index (Phi) is 3.92. The standard InChI is InChI=1S/C6H15NO5P2/c1-2-3-4-5-7-6-13(8,9)12-14(6,10)11/h6-7H,2-5H2,1H3,(H,8,9)(H,10,11). The van der Waals surface area contributed by atoms with E-state index >= 15 is 0 Å². The van der Waals surface area contributed by atoms with E-state index in [1.807, 2.05) is 6.92 Å². The van der Waals surface area contributed by atoms with Gasteiger partial charge in [-0.3, -0.25) is 14.4 Å². The summed E-state index contributed by atoms with van der Waals surface area (Å²) < 4.78 is 26.1. The Bertz CT molecular complexity index is 272. The third kappa shape index (κ3) is 2.66. The van der Waals surface area contributed by atoms with Gasteiger partial charge >= 0.3 is 15.2 Å². The Morgan fingerprint density at radius 2 is 1.86 bits per heavy atom. The molecule has 0 spiro atoms. The van der Waals surface area contributed by atoms with E-state index in [2.05, 4.69) is 9.63 Å². The molecule has 0 bridgehead atoms. The van der Waals surface area contributed by atoms with Gasteiger partial charge in [-0.25, -0.2) is 4.31 Å². The second kappa shape index (κ2) is 4.44. The van der Waals surface area contributed by atoms with Crippen molar-refractivity contribution in [2.24, 2.45) is 0 Å². The lowest BCUT2D eigenvalue weighted by atomic mass is 10.2. The highest BCUT2D eigenvalue weighted by Gasteiger charge is 2.61. The van der Waals surface area contributed by atoms with Crippen LogP contribution >= 0.6 is 15.2 Å². The van der Waals surface area contributed by atoms with Crippen LogP contribution in [-0.4, -0.2) is 21.9 Å². The molecule has 0 saturated carbocycles. The Morgan fingerprint density at radius 3 is 2.29 bits per heavy atom. The van der Waals surface area contributed by atoms with Gasteiger partial charge < -0.3 is 9.79 Å². The van der Waals surface area contributed by atoms with Gasteiger partial charge in [-0.05, 0) is 13.0 Å². The summed E-state index contributed by atoms with van der Waals surface area (Å²) >= 11 is 0. The minimum atomic E-state index is -3.87. The fourth-order valence-electron chi connectivity index (χ4n) is 1.24. The van der Waals surface area contributed by atoms with Crippen LogP contribution in [0.1, 0.15) is 26.2 Å². The van der Waals surface area contributed by atoms with Crippen LogP contribution in [0.5, 0.6) is 0 Å². The van der Waals surface area contributed by atoms with Gasteiger partial charge in [-0.2, -0.15) is 0 Å². The molecule has 0 amide bonds. The topological polar surface area (TPSA) is 95.9 Å². The zero-order valence-electron chi connectivity index (χ0n) is 7.92. The summed E-state index contributed by atoms with van der Waals surface area (Å²) in [7, 11) is -7.74. The van der Waals surface area contributed by atoms with E-state index in [-0.39, 0.29) is 0 Å². The van der Waals surface area contributed by atoms with E-state index in [9.17, 15) is 9.13 Å². The smallest absolute Gasteiger partial charge is 0.322 e. The van der Waals surface area contributed by atoms with Crippen LogP contribution in [0.4, 0.5) is 0 Å². The highest BCUT2D eigenvalue weighted by Crippen LogP contribution is 2.80. The van der Waals surface area contributed by atoms with Crippen molar-refractivity contribution in [1.29, 1.82) is 0 Å². The first-order chi connectivity index (χ1) is 6.40. The van der Waals surface area contributed by atoms with Gasteiger partial charge in [0.1, 0.15) is 0 Å². The lowest BCUT2D eigenvalue weighted by Crippen LogP contribution is -2.36. The molecule has 84 valence electrons. The maximum Gasteiger partial charge on any atom is 0.364 e. The van der Waals surface area contributed by atoms with E-state index in [0.717, 1.165) is 19.3 Å². The molecule has 1 aliphatic rings. The Labute approximate surface area is 82.7 Å². The summed E-state index contributed by atoms with van der Waals surface area (Å²) in [6, 6.07) is 0. The van der Waals surface area contributed by atoms with Crippen LogP contribution in [0.2, 0.25) is 0 Å². The van der Waals surface area contributed by atoms with Crippen LogP contribution in [-0.2, 0) is 13.4 Å². The zero-order valence-corrected chi connectivity index (χ0v) is 9.71. The lowest BCUT2D eigenvalue weighted by Gasteiger charge is -2.35. The predicted molar refractivity (Wildman–Crippen MR) is 52.1 cm³/mol. The summed E-state index contributed by atoms with van der Waals surface area (Å²) in [4.78, 5) is 18.0. The molecule has 2 atom stereocenters. The zero-order chi connectivity index (χ0) is 10.8. The van der Waals surface area contributed by atoms with Crippen molar-refractivity contribution in [3.05, 3.63) is 0 Å². The van der Waals surface area contributed by atoms with Crippen molar-refractivity contribution in [3.63, 3.8) is 0 Å². The number of hydrogen-bond donors (Lipinski definition) is 3. The summed E-state index contributed by atoms with van der Waals surface area (Å²) in [5, 5.41) is 2.58. The predicted octanol–water partition coefficient (Wildman–Crippen LogP) is 1.45. The first kappa shape index (κ1) is 12.4. The average Bonchev–Trinajstić information content (AvgIpc) is 2.01. The molecule has 1 aliphatic heterocycles. The highest BCUT2D eigenvalue weighted by molar-refractivity contribution is 7.84. The van der Waals surface area contributed by atoms with Gasteiger partial charge in [-0.15, -0.1) is 0 Å². The minimum Gasteiger partial charge on any atom is -0.322 e. The number of hydrogen-bond acceptors (Lipinski definition) is 4. The van der Waals surface area contributed by atoms with Gasteiger partial charge in [0.25, 0.3) is 0 Å². The molecule has 3 N–H and O–H groups in total. The van der Waals surface area contributed by atoms with Crippen LogP contribution in [0.15, 0.2) is 0 Å².